The number of imide groups is 1. The average molecular weight is 286 g/mol. The minimum absolute atomic E-state index is 0.0172. The van der Waals surface area contributed by atoms with E-state index in [1.54, 1.807) is 0 Å². The molecule has 3 atom stereocenters. The Morgan fingerprint density at radius 1 is 1.29 bits per heavy atom. The Kier molecular flexibility index (Phi) is 3.36. The van der Waals surface area contributed by atoms with Crippen LogP contribution in [0.3, 0.4) is 0 Å². The fraction of sp³-hybridized carbons (Fsp3) is 0.529. The fourth-order valence-corrected chi connectivity index (χ4v) is 4.07. The highest BCUT2D eigenvalue weighted by molar-refractivity contribution is 6.05. The standard InChI is InChI=1S/C17H22N2O2/c1-11(2)9-17-10-13(15(20)18-16(17)21)14(19(17)3)12-7-5-4-6-8-12/h4-8,11,13-14H,9-10H2,1-3H3,(H,18,20,21)/t13-,14-,17-/m0/s1. The lowest BCUT2D eigenvalue weighted by Crippen LogP contribution is -2.58. The molecule has 2 aliphatic heterocycles. The number of hydrogen-bond donors (Lipinski definition) is 1. The van der Waals surface area contributed by atoms with Crippen LogP contribution < -0.4 is 5.32 Å². The number of rotatable bonds is 3. The maximum absolute atomic E-state index is 12.5. The molecule has 0 aliphatic carbocycles. The van der Waals surface area contributed by atoms with Crippen LogP contribution in [-0.2, 0) is 9.59 Å². The first-order valence-corrected chi connectivity index (χ1v) is 7.59. The molecule has 2 amide bonds. The van der Waals surface area contributed by atoms with Crippen molar-refractivity contribution in [2.45, 2.75) is 38.3 Å². The van der Waals surface area contributed by atoms with Crippen LogP contribution in [0.2, 0.25) is 0 Å². The maximum Gasteiger partial charge on any atom is 0.247 e. The lowest BCUT2D eigenvalue weighted by atomic mass is 9.80. The molecule has 0 unspecified atom stereocenters. The van der Waals surface area contributed by atoms with Gasteiger partial charge in [-0.25, -0.2) is 0 Å². The summed E-state index contributed by atoms with van der Waals surface area (Å²) in [6, 6.07) is 10.0. The number of fused-ring (bicyclic) bond motifs is 2. The molecule has 1 aromatic carbocycles. The predicted molar refractivity (Wildman–Crippen MR) is 80.4 cm³/mol. The SMILES string of the molecule is CC(C)C[C@]12C[C@H](C(=O)NC1=O)[C@H](c1ccccc1)N2C. The van der Waals surface area contributed by atoms with E-state index in [0.717, 1.165) is 12.0 Å². The summed E-state index contributed by atoms with van der Waals surface area (Å²) in [4.78, 5) is 26.9. The number of likely N-dealkylation sites (tertiary alicyclic amines) is 1. The Bertz CT molecular complexity index is 569. The van der Waals surface area contributed by atoms with Crippen LogP contribution >= 0.6 is 0 Å². The fourth-order valence-electron chi connectivity index (χ4n) is 4.07. The number of likely N-dealkylation sites (N-methyl/N-ethyl adjacent to an activating group) is 1. The molecular weight excluding hydrogens is 264 g/mol. The molecule has 2 heterocycles. The molecule has 0 spiro atoms. The minimum atomic E-state index is -0.548. The molecule has 2 fully saturated rings. The van der Waals surface area contributed by atoms with E-state index in [-0.39, 0.29) is 23.8 Å². The van der Waals surface area contributed by atoms with Gasteiger partial charge in [0.25, 0.3) is 0 Å². The molecule has 2 bridgehead atoms. The molecule has 4 nitrogen and oxygen atoms in total. The van der Waals surface area contributed by atoms with Gasteiger partial charge in [0.1, 0.15) is 5.54 Å². The highest BCUT2D eigenvalue weighted by Crippen LogP contribution is 2.50. The Morgan fingerprint density at radius 2 is 1.95 bits per heavy atom. The van der Waals surface area contributed by atoms with E-state index in [9.17, 15) is 9.59 Å². The van der Waals surface area contributed by atoms with Crippen molar-refractivity contribution < 1.29 is 9.59 Å². The van der Waals surface area contributed by atoms with Gasteiger partial charge in [0.05, 0.1) is 5.92 Å². The second-order valence-electron chi connectivity index (χ2n) is 6.72. The van der Waals surface area contributed by atoms with Crippen LogP contribution in [0.5, 0.6) is 0 Å². The third kappa shape index (κ3) is 2.09. The van der Waals surface area contributed by atoms with Crippen molar-refractivity contribution >= 4 is 11.8 Å². The summed E-state index contributed by atoms with van der Waals surface area (Å²) in [5.74, 6) is 0.00592. The van der Waals surface area contributed by atoms with Gasteiger partial charge in [-0.15, -0.1) is 0 Å². The average Bonchev–Trinajstić information content (AvgIpc) is 2.69. The molecule has 112 valence electrons. The summed E-state index contributed by atoms with van der Waals surface area (Å²) in [5.41, 5.74) is 0.563. The normalized spacial score (nSPS) is 32.6. The number of piperidine rings is 1. The zero-order valence-electron chi connectivity index (χ0n) is 12.8. The highest BCUT2D eigenvalue weighted by Gasteiger charge is 2.60. The summed E-state index contributed by atoms with van der Waals surface area (Å²) in [5, 5.41) is 2.60. The molecule has 2 saturated heterocycles. The molecule has 1 N–H and O–H groups in total. The number of carbonyl (C=O) groups is 2. The largest absolute Gasteiger partial charge is 0.295 e. The lowest BCUT2D eigenvalue weighted by molar-refractivity contribution is -0.141. The zero-order chi connectivity index (χ0) is 15.2. The maximum atomic E-state index is 12.5. The number of carbonyl (C=O) groups excluding carboxylic acids is 2. The lowest BCUT2D eigenvalue weighted by Gasteiger charge is -2.38. The van der Waals surface area contributed by atoms with Gasteiger partial charge >= 0.3 is 0 Å². The van der Waals surface area contributed by atoms with Gasteiger partial charge in [-0.2, -0.15) is 0 Å². The van der Waals surface area contributed by atoms with E-state index in [4.69, 9.17) is 0 Å². The van der Waals surface area contributed by atoms with Crippen molar-refractivity contribution in [3.05, 3.63) is 35.9 Å². The van der Waals surface area contributed by atoms with E-state index in [1.165, 1.54) is 0 Å². The smallest absolute Gasteiger partial charge is 0.247 e. The molecule has 0 saturated carbocycles. The molecular formula is C17H22N2O2. The van der Waals surface area contributed by atoms with Crippen molar-refractivity contribution in [3.63, 3.8) is 0 Å². The van der Waals surface area contributed by atoms with E-state index in [2.05, 4.69) is 24.1 Å². The van der Waals surface area contributed by atoms with Crippen molar-refractivity contribution in [2.75, 3.05) is 7.05 Å². The van der Waals surface area contributed by atoms with Crippen LogP contribution in [-0.4, -0.2) is 29.3 Å². The summed E-state index contributed by atoms with van der Waals surface area (Å²) in [7, 11) is 1.98. The molecule has 1 aromatic rings. The zero-order valence-corrected chi connectivity index (χ0v) is 12.8. The van der Waals surface area contributed by atoms with Gasteiger partial charge in [-0.3, -0.25) is 19.8 Å². The van der Waals surface area contributed by atoms with Crippen LogP contribution in [0.15, 0.2) is 30.3 Å². The summed E-state index contributed by atoms with van der Waals surface area (Å²) in [6.45, 7) is 4.24. The number of nitrogens with one attached hydrogen (secondary N) is 1. The summed E-state index contributed by atoms with van der Waals surface area (Å²) < 4.78 is 0. The van der Waals surface area contributed by atoms with Crippen molar-refractivity contribution in [3.8, 4) is 0 Å². The van der Waals surface area contributed by atoms with E-state index >= 15 is 0 Å². The topological polar surface area (TPSA) is 49.4 Å². The summed E-state index contributed by atoms with van der Waals surface area (Å²) in [6.07, 6.45) is 1.41. The quantitative estimate of drug-likeness (QED) is 0.866. The molecule has 2 aliphatic rings. The molecule has 3 rings (SSSR count). The Labute approximate surface area is 125 Å². The first-order chi connectivity index (χ1) is 9.95. The Hall–Kier alpha value is -1.68. The van der Waals surface area contributed by atoms with Gasteiger partial charge < -0.3 is 0 Å². The predicted octanol–water partition coefficient (Wildman–Crippen LogP) is 2.12. The third-order valence-electron chi connectivity index (χ3n) is 4.91. The van der Waals surface area contributed by atoms with Gasteiger partial charge in [-0.05, 0) is 31.4 Å². The minimum Gasteiger partial charge on any atom is -0.295 e. The molecule has 21 heavy (non-hydrogen) atoms. The monoisotopic (exact) mass is 286 g/mol. The van der Waals surface area contributed by atoms with Crippen molar-refractivity contribution in [1.82, 2.24) is 10.2 Å². The third-order valence-corrected chi connectivity index (χ3v) is 4.91. The van der Waals surface area contributed by atoms with Crippen LogP contribution in [0.25, 0.3) is 0 Å². The summed E-state index contributed by atoms with van der Waals surface area (Å²) >= 11 is 0. The van der Waals surface area contributed by atoms with Gasteiger partial charge in [0.2, 0.25) is 11.8 Å². The molecule has 0 radical (unpaired) electrons. The van der Waals surface area contributed by atoms with Crippen LogP contribution in [0, 0.1) is 11.8 Å². The Morgan fingerprint density at radius 3 is 2.57 bits per heavy atom. The van der Waals surface area contributed by atoms with Crippen molar-refractivity contribution in [2.24, 2.45) is 11.8 Å². The van der Waals surface area contributed by atoms with Crippen molar-refractivity contribution in [1.29, 1.82) is 0 Å². The first-order valence-electron chi connectivity index (χ1n) is 7.59. The number of hydrogen-bond acceptors (Lipinski definition) is 3. The first kappa shape index (κ1) is 14.3. The van der Waals surface area contributed by atoms with Gasteiger partial charge in [0.15, 0.2) is 0 Å². The van der Waals surface area contributed by atoms with Crippen LogP contribution in [0.4, 0.5) is 0 Å². The van der Waals surface area contributed by atoms with Crippen LogP contribution in [0.1, 0.15) is 38.3 Å². The molecule has 0 aromatic heterocycles. The highest BCUT2D eigenvalue weighted by atomic mass is 16.2. The number of benzene rings is 1. The second-order valence-corrected chi connectivity index (χ2v) is 6.72. The van der Waals surface area contributed by atoms with Gasteiger partial charge in [0, 0.05) is 6.04 Å². The Balaban J connectivity index is 2.05. The van der Waals surface area contributed by atoms with E-state index < -0.39 is 5.54 Å². The van der Waals surface area contributed by atoms with E-state index in [1.807, 2.05) is 37.4 Å². The van der Waals surface area contributed by atoms with E-state index in [0.29, 0.717) is 12.3 Å². The second kappa shape index (κ2) is 4.95. The number of nitrogens with zero attached hydrogens (tertiary/aromatic N) is 1. The molecule has 4 heteroatoms. The number of amides is 2. The van der Waals surface area contributed by atoms with Gasteiger partial charge in [-0.1, -0.05) is 44.2 Å².